The summed E-state index contributed by atoms with van der Waals surface area (Å²) in [6, 6.07) is 7.10. The summed E-state index contributed by atoms with van der Waals surface area (Å²) in [5.74, 6) is -0.708. The number of hydrogen-bond donors (Lipinski definition) is 2. The maximum atomic E-state index is 11.1. The lowest BCUT2D eigenvalue weighted by atomic mass is 9.96. The molecule has 5 nitrogen and oxygen atoms in total. The van der Waals surface area contributed by atoms with Crippen LogP contribution in [0.15, 0.2) is 18.2 Å². The summed E-state index contributed by atoms with van der Waals surface area (Å²) < 4.78 is 5.09. The smallest absolute Gasteiger partial charge is 0.308 e. The minimum absolute atomic E-state index is 0.0149. The van der Waals surface area contributed by atoms with Crippen LogP contribution in [0.3, 0.4) is 0 Å². The highest BCUT2D eigenvalue weighted by Crippen LogP contribution is 2.23. The first kappa shape index (κ1) is 14.8. The molecule has 2 N–H and O–H groups in total. The summed E-state index contributed by atoms with van der Waals surface area (Å²) >= 11 is 0. The summed E-state index contributed by atoms with van der Waals surface area (Å²) in [4.78, 5) is 11.1. The van der Waals surface area contributed by atoms with Crippen molar-refractivity contribution in [1.82, 2.24) is 0 Å². The molecule has 0 aliphatic carbocycles. The van der Waals surface area contributed by atoms with Crippen molar-refractivity contribution in [2.45, 2.75) is 13.8 Å². The van der Waals surface area contributed by atoms with E-state index in [-0.39, 0.29) is 12.5 Å². The largest absolute Gasteiger partial charge is 0.497 e. The van der Waals surface area contributed by atoms with Gasteiger partial charge in [-0.1, -0.05) is 13.8 Å². The predicted molar refractivity (Wildman–Crippen MR) is 72.2 cm³/mol. The fourth-order valence-corrected chi connectivity index (χ4v) is 1.72. The number of carbonyl (C=O) groups is 1. The summed E-state index contributed by atoms with van der Waals surface area (Å²) in [6.45, 7) is 3.99. The number of anilines is 1. The number of carboxylic acids is 1. The van der Waals surface area contributed by atoms with Crippen molar-refractivity contribution in [2.75, 3.05) is 19.0 Å². The van der Waals surface area contributed by atoms with Gasteiger partial charge in [0.25, 0.3) is 0 Å². The van der Waals surface area contributed by atoms with Crippen molar-refractivity contribution in [3.63, 3.8) is 0 Å². The van der Waals surface area contributed by atoms with E-state index in [0.717, 1.165) is 0 Å². The van der Waals surface area contributed by atoms with Crippen LogP contribution in [0, 0.1) is 23.2 Å². The first-order valence-corrected chi connectivity index (χ1v) is 6.04. The molecule has 0 saturated carbocycles. The number of hydrogen-bond acceptors (Lipinski definition) is 4. The van der Waals surface area contributed by atoms with Crippen LogP contribution in [-0.2, 0) is 4.79 Å². The van der Waals surface area contributed by atoms with Gasteiger partial charge in [-0.25, -0.2) is 0 Å². The molecule has 5 heteroatoms. The molecule has 1 unspecified atom stereocenters. The van der Waals surface area contributed by atoms with Gasteiger partial charge in [-0.3, -0.25) is 4.79 Å². The Morgan fingerprint density at radius 3 is 2.68 bits per heavy atom. The quantitative estimate of drug-likeness (QED) is 0.822. The molecule has 19 heavy (non-hydrogen) atoms. The van der Waals surface area contributed by atoms with E-state index in [1.807, 2.05) is 13.8 Å². The van der Waals surface area contributed by atoms with E-state index in [9.17, 15) is 4.79 Å². The van der Waals surface area contributed by atoms with Gasteiger partial charge >= 0.3 is 5.97 Å². The molecular weight excluding hydrogens is 244 g/mol. The third-order valence-electron chi connectivity index (χ3n) is 2.98. The molecule has 0 aliphatic heterocycles. The van der Waals surface area contributed by atoms with E-state index in [4.69, 9.17) is 15.1 Å². The summed E-state index contributed by atoms with van der Waals surface area (Å²) in [5, 5.41) is 21.2. The number of nitrogens with zero attached hydrogens (tertiary/aromatic N) is 1. The van der Waals surface area contributed by atoms with Gasteiger partial charge < -0.3 is 15.2 Å². The fourth-order valence-electron chi connectivity index (χ4n) is 1.72. The van der Waals surface area contributed by atoms with Crippen LogP contribution in [0.5, 0.6) is 5.75 Å². The lowest BCUT2D eigenvalue weighted by Gasteiger charge is -2.18. The van der Waals surface area contributed by atoms with Crippen LogP contribution >= 0.6 is 0 Å². The Kier molecular flexibility index (Phi) is 5.19. The van der Waals surface area contributed by atoms with Gasteiger partial charge in [0.05, 0.1) is 24.3 Å². The zero-order valence-electron chi connectivity index (χ0n) is 11.3. The van der Waals surface area contributed by atoms with E-state index < -0.39 is 11.9 Å². The molecule has 1 rings (SSSR count). The Labute approximate surface area is 112 Å². The fraction of sp³-hybridized carbons (Fsp3) is 0.429. The molecule has 102 valence electrons. The van der Waals surface area contributed by atoms with Gasteiger partial charge in [-0.15, -0.1) is 0 Å². The van der Waals surface area contributed by atoms with Crippen LogP contribution in [-0.4, -0.2) is 24.7 Å². The zero-order valence-corrected chi connectivity index (χ0v) is 11.3. The Bertz CT molecular complexity index is 492. The normalized spacial score (nSPS) is 11.7. The van der Waals surface area contributed by atoms with Gasteiger partial charge in [0.15, 0.2) is 0 Å². The Hall–Kier alpha value is -2.22. The highest BCUT2D eigenvalue weighted by Gasteiger charge is 2.21. The van der Waals surface area contributed by atoms with Crippen molar-refractivity contribution < 1.29 is 14.6 Å². The van der Waals surface area contributed by atoms with Gasteiger partial charge in [-0.05, 0) is 18.1 Å². The Balaban J connectivity index is 2.87. The van der Waals surface area contributed by atoms with Crippen LogP contribution in [0.4, 0.5) is 5.69 Å². The molecule has 0 heterocycles. The number of methoxy groups -OCH3 is 1. The molecule has 0 fully saturated rings. The maximum absolute atomic E-state index is 11.1. The van der Waals surface area contributed by atoms with Crippen molar-refractivity contribution in [3.05, 3.63) is 23.8 Å². The summed E-state index contributed by atoms with van der Waals surface area (Å²) in [7, 11) is 1.54. The lowest BCUT2D eigenvalue weighted by molar-refractivity contribution is -0.142. The van der Waals surface area contributed by atoms with E-state index in [1.54, 1.807) is 25.3 Å². The SMILES string of the molecule is COc1ccc(C#N)c(NCC(C(=O)O)C(C)C)c1. The second-order valence-electron chi connectivity index (χ2n) is 4.59. The van der Waals surface area contributed by atoms with Gasteiger partial charge in [-0.2, -0.15) is 5.26 Å². The Morgan fingerprint density at radius 2 is 2.21 bits per heavy atom. The Morgan fingerprint density at radius 1 is 1.53 bits per heavy atom. The molecular formula is C14H18N2O3. The van der Waals surface area contributed by atoms with Crippen LogP contribution in [0.1, 0.15) is 19.4 Å². The van der Waals surface area contributed by atoms with Gasteiger partial charge in [0.1, 0.15) is 11.8 Å². The predicted octanol–water partition coefficient (Wildman–Crippen LogP) is 2.34. The minimum Gasteiger partial charge on any atom is -0.497 e. The second-order valence-corrected chi connectivity index (χ2v) is 4.59. The molecule has 0 aliphatic rings. The standard InChI is InChI=1S/C14H18N2O3/c1-9(2)12(14(17)18)8-16-13-6-11(19-3)5-4-10(13)7-15/h4-6,9,12,16H,8H2,1-3H3,(H,17,18). The number of nitriles is 1. The molecule has 0 radical (unpaired) electrons. The number of ether oxygens (including phenoxy) is 1. The van der Waals surface area contributed by atoms with E-state index >= 15 is 0 Å². The third-order valence-corrected chi connectivity index (χ3v) is 2.98. The monoisotopic (exact) mass is 262 g/mol. The van der Waals surface area contributed by atoms with E-state index in [1.165, 1.54) is 0 Å². The second kappa shape index (κ2) is 6.64. The molecule has 0 bridgehead atoms. The highest BCUT2D eigenvalue weighted by atomic mass is 16.5. The number of aliphatic carboxylic acids is 1. The molecule has 1 aromatic rings. The van der Waals surface area contributed by atoms with Crippen LogP contribution < -0.4 is 10.1 Å². The molecule has 0 aromatic heterocycles. The summed E-state index contributed by atoms with van der Waals surface area (Å²) in [5.41, 5.74) is 1.06. The van der Waals surface area contributed by atoms with E-state index in [0.29, 0.717) is 17.0 Å². The number of carboxylic acid groups (broad SMARTS) is 1. The topological polar surface area (TPSA) is 82.3 Å². The van der Waals surface area contributed by atoms with Crippen molar-refractivity contribution >= 4 is 11.7 Å². The summed E-state index contributed by atoms with van der Waals surface area (Å²) in [6.07, 6.45) is 0. The minimum atomic E-state index is -0.844. The molecule has 0 spiro atoms. The first-order valence-electron chi connectivity index (χ1n) is 6.04. The highest BCUT2D eigenvalue weighted by molar-refractivity contribution is 5.71. The van der Waals surface area contributed by atoms with Crippen molar-refractivity contribution in [2.24, 2.45) is 11.8 Å². The molecule has 1 atom stereocenters. The zero-order chi connectivity index (χ0) is 14.4. The maximum Gasteiger partial charge on any atom is 0.308 e. The van der Waals surface area contributed by atoms with Gasteiger partial charge in [0.2, 0.25) is 0 Å². The van der Waals surface area contributed by atoms with Crippen molar-refractivity contribution in [3.8, 4) is 11.8 Å². The third kappa shape index (κ3) is 3.88. The van der Waals surface area contributed by atoms with Crippen molar-refractivity contribution in [1.29, 1.82) is 5.26 Å². The van der Waals surface area contributed by atoms with Crippen LogP contribution in [0.2, 0.25) is 0 Å². The molecule has 1 aromatic carbocycles. The first-order chi connectivity index (χ1) is 8.99. The molecule has 0 saturated heterocycles. The average Bonchev–Trinajstić information content (AvgIpc) is 2.37. The lowest BCUT2D eigenvalue weighted by Crippen LogP contribution is -2.27. The molecule has 0 amide bonds. The number of benzene rings is 1. The van der Waals surface area contributed by atoms with E-state index in [2.05, 4.69) is 11.4 Å². The average molecular weight is 262 g/mol. The number of rotatable bonds is 6. The van der Waals surface area contributed by atoms with Crippen LogP contribution in [0.25, 0.3) is 0 Å². The van der Waals surface area contributed by atoms with Gasteiger partial charge in [0, 0.05) is 12.6 Å². The number of nitrogens with one attached hydrogen (secondary N) is 1.